The molecule has 0 fully saturated rings. The van der Waals surface area contributed by atoms with E-state index in [-0.39, 0.29) is 16.2 Å². The highest BCUT2D eigenvalue weighted by molar-refractivity contribution is 7.98. The molecule has 0 saturated carbocycles. The Bertz CT molecular complexity index is 447. The minimum absolute atomic E-state index is 0.148. The Morgan fingerprint density at radius 2 is 1.45 bits per heavy atom. The zero-order valence-corrected chi connectivity index (χ0v) is 16.3. The molecule has 0 aliphatic heterocycles. The topological polar surface area (TPSA) is 0 Å². The van der Waals surface area contributed by atoms with Crippen molar-refractivity contribution in [2.45, 2.75) is 62.3 Å². The molecule has 1 unspecified atom stereocenters. The van der Waals surface area contributed by atoms with Crippen molar-refractivity contribution in [1.82, 2.24) is 0 Å². The van der Waals surface area contributed by atoms with Gasteiger partial charge in [-0.3, -0.25) is 0 Å². The Balaban J connectivity index is 3.51. The lowest BCUT2D eigenvalue weighted by atomic mass is 9.66. The molecule has 1 aliphatic carbocycles. The van der Waals surface area contributed by atoms with E-state index in [2.05, 4.69) is 74.8 Å². The fraction of sp³-hybridized carbons (Fsp3) is 0.722. The van der Waals surface area contributed by atoms with Crippen LogP contribution in [0.5, 0.6) is 0 Å². The van der Waals surface area contributed by atoms with E-state index in [9.17, 15) is 0 Å². The van der Waals surface area contributed by atoms with Gasteiger partial charge >= 0.3 is 0 Å². The molecule has 112 valence electrons. The maximum Gasteiger partial charge on any atom is 0.148 e. The Morgan fingerprint density at radius 3 is 1.75 bits per heavy atom. The Hall–Kier alpha value is -0.130. The predicted octanol–water partition coefficient (Wildman–Crippen LogP) is 6.55. The summed E-state index contributed by atoms with van der Waals surface area (Å²) < 4.78 is 0. The summed E-state index contributed by atoms with van der Waals surface area (Å²) >= 11 is 5.45. The summed E-state index contributed by atoms with van der Waals surface area (Å²) in [5.74, 6) is 0.478. The quantitative estimate of drug-likeness (QED) is 0.391. The van der Waals surface area contributed by atoms with Gasteiger partial charge in [0.25, 0.3) is 0 Å². The van der Waals surface area contributed by atoms with Gasteiger partial charge in [0.1, 0.15) is 18.2 Å². The molecule has 0 N–H and O–H groups in total. The number of allylic oxidation sites excluding steroid dienone is 4. The first-order valence-corrected chi connectivity index (χ1v) is 9.35. The van der Waals surface area contributed by atoms with Crippen LogP contribution in [0.15, 0.2) is 22.5 Å². The van der Waals surface area contributed by atoms with Gasteiger partial charge in [0.15, 0.2) is 0 Å². The Morgan fingerprint density at radius 1 is 0.950 bits per heavy atom. The fourth-order valence-corrected chi connectivity index (χ4v) is 4.13. The molecule has 0 aromatic rings. The van der Waals surface area contributed by atoms with Gasteiger partial charge in [-0.25, -0.2) is 0 Å². The van der Waals surface area contributed by atoms with Crippen LogP contribution in [0.1, 0.15) is 62.3 Å². The van der Waals surface area contributed by atoms with E-state index >= 15 is 0 Å². The second-order valence-electron chi connectivity index (χ2n) is 8.99. The second kappa shape index (κ2) is 5.58. The van der Waals surface area contributed by atoms with Crippen molar-refractivity contribution >= 4 is 19.2 Å². The molecule has 0 radical (unpaired) electrons. The van der Waals surface area contributed by atoms with E-state index in [1.54, 1.807) is 0 Å². The van der Waals surface area contributed by atoms with Crippen LogP contribution in [0.25, 0.3) is 0 Å². The van der Waals surface area contributed by atoms with Crippen LogP contribution < -0.4 is 0 Å². The van der Waals surface area contributed by atoms with Crippen LogP contribution in [0, 0.1) is 28.6 Å². The van der Waals surface area contributed by atoms with Gasteiger partial charge in [-0.15, -0.1) is 0 Å². The van der Waals surface area contributed by atoms with Gasteiger partial charge in [0.05, 0.1) is 17.9 Å². The molecule has 0 aromatic heterocycles. The third kappa shape index (κ3) is 3.95. The van der Waals surface area contributed by atoms with Gasteiger partial charge < -0.3 is 0 Å². The van der Waals surface area contributed by atoms with Crippen LogP contribution in [-0.4, -0.2) is 0 Å². The molecule has 1 rings (SSSR count). The summed E-state index contributed by atoms with van der Waals surface area (Å²) in [7, 11) is 0.972. The van der Waals surface area contributed by atoms with Gasteiger partial charge in [-0.05, 0) is 23.3 Å². The molecule has 0 spiro atoms. The molecule has 2 heteroatoms. The van der Waals surface area contributed by atoms with Gasteiger partial charge in [-0.1, -0.05) is 62.3 Å². The molecule has 0 bridgehead atoms. The Kier molecular flexibility index (Phi) is 5.00. The molecule has 20 heavy (non-hydrogen) atoms. The highest BCUT2D eigenvalue weighted by Gasteiger charge is 2.43. The Labute approximate surface area is 133 Å². The van der Waals surface area contributed by atoms with Crippen LogP contribution in [0.4, 0.5) is 0 Å². The lowest BCUT2D eigenvalue weighted by molar-refractivity contribution is 0.312. The molecular weight excluding hydrogens is 279 g/mol. The first kappa shape index (κ1) is 17.9. The minimum Gasteiger partial charge on any atom is -0.0575 e. The molecule has 1 aliphatic rings. The van der Waals surface area contributed by atoms with Crippen LogP contribution in [-0.2, 0) is 11.8 Å². The third-order valence-corrected chi connectivity index (χ3v) is 5.12. The van der Waals surface area contributed by atoms with E-state index in [1.807, 2.05) is 0 Å². The molecule has 0 heterocycles. The van der Waals surface area contributed by atoms with Crippen molar-refractivity contribution in [2.24, 2.45) is 22.2 Å². The summed E-state index contributed by atoms with van der Waals surface area (Å²) in [5, 5.41) is 1.36. The van der Waals surface area contributed by atoms with Crippen molar-refractivity contribution in [1.29, 1.82) is 0 Å². The van der Waals surface area contributed by atoms with Crippen LogP contribution in [0.3, 0.4) is 0 Å². The monoisotopic (exact) mass is 309 g/mol. The third-order valence-electron chi connectivity index (χ3n) is 3.91. The fourth-order valence-electron chi connectivity index (χ4n) is 2.52. The second-order valence-corrected chi connectivity index (χ2v) is 10.2. The minimum atomic E-state index is 0.148. The maximum absolute atomic E-state index is 5.45. The van der Waals surface area contributed by atoms with Crippen LogP contribution >= 0.6 is 7.36 Å². The summed E-state index contributed by atoms with van der Waals surface area (Å²) in [6.07, 6.45) is 4.92. The first-order chi connectivity index (χ1) is 8.78. The average molecular weight is 309 g/mol. The lowest BCUT2D eigenvalue weighted by Gasteiger charge is -2.34. The smallest absolute Gasteiger partial charge is 0.0575 e. The van der Waals surface area contributed by atoms with Crippen molar-refractivity contribution < 1.29 is 0 Å². The zero-order valence-electron chi connectivity index (χ0n) is 14.6. The maximum atomic E-state index is 5.45. The SMILES string of the molecule is CC(C)(C)C1=CC(C(C)(C)C)[CH+]C(C(C)(C)C)=C1P=S. The summed E-state index contributed by atoms with van der Waals surface area (Å²) in [4.78, 5) is 0. The standard InChI is InChI=1S/C18H30PS/c1-16(2,3)12-10-13(17(4,5)6)15(19-20)14(11-12)18(7,8)9/h10-12H,1-9H3/q+1. The zero-order chi connectivity index (χ0) is 15.9. The summed E-state index contributed by atoms with van der Waals surface area (Å²) in [5.41, 5.74) is 3.44. The summed E-state index contributed by atoms with van der Waals surface area (Å²) in [6.45, 7) is 20.7. The normalized spacial score (nSPS) is 21.9. The van der Waals surface area contributed by atoms with Gasteiger partial charge in [-0.2, -0.15) is 0 Å². The highest BCUT2D eigenvalue weighted by atomic mass is 32.4. The van der Waals surface area contributed by atoms with E-state index in [0.29, 0.717) is 5.92 Å². The van der Waals surface area contributed by atoms with Crippen molar-refractivity contribution in [3.63, 3.8) is 0 Å². The van der Waals surface area contributed by atoms with Crippen molar-refractivity contribution in [3.05, 3.63) is 29.0 Å². The van der Waals surface area contributed by atoms with Gasteiger partial charge in [0, 0.05) is 10.8 Å². The largest absolute Gasteiger partial charge is 0.148 e. The molecule has 1 atom stereocenters. The van der Waals surface area contributed by atoms with E-state index in [0.717, 1.165) is 7.36 Å². The van der Waals surface area contributed by atoms with E-state index in [1.165, 1.54) is 16.5 Å². The highest BCUT2D eigenvalue weighted by Crippen LogP contribution is 2.51. The van der Waals surface area contributed by atoms with E-state index < -0.39 is 0 Å². The molecule has 0 amide bonds. The number of hydrogen-bond acceptors (Lipinski definition) is 1. The van der Waals surface area contributed by atoms with Crippen molar-refractivity contribution in [2.75, 3.05) is 0 Å². The number of hydrogen-bond donors (Lipinski definition) is 0. The molecule has 0 nitrogen and oxygen atoms in total. The lowest BCUT2D eigenvalue weighted by Crippen LogP contribution is -2.29. The van der Waals surface area contributed by atoms with Gasteiger partial charge in [0.2, 0.25) is 0 Å². The van der Waals surface area contributed by atoms with Crippen molar-refractivity contribution in [3.8, 4) is 0 Å². The van der Waals surface area contributed by atoms with E-state index in [4.69, 9.17) is 11.8 Å². The average Bonchev–Trinajstić information content (AvgIpc) is 2.23. The summed E-state index contributed by atoms with van der Waals surface area (Å²) in [6, 6.07) is 0. The first-order valence-electron chi connectivity index (χ1n) is 7.44. The molecular formula is C18H30PS+. The van der Waals surface area contributed by atoms with Crippen LogP contribution in [0.2, 0.25) is 0 Å². The molecule has 0 saturated heterocycles. The molecule has 0 aromatic carbocycles. The predicted molar refractivity (Wildman–Crippen MR) is 95.5 cm³/mol. The number of rotatable bonds is 1.